The number of hydrogen-bond acceptors (Lipinski definition) is 5. The number of methoxy groups -OCH3 is 1. The summed E-state index contributed by atoms with van der Waals surface area (Å²) in [6.45, 7) is 2.26. The fourth-order valence-corrected chi connectivity index (χ4v) is 4.55. The standard InChI is InChI=1S/C32H42O5/c1-3-4-5-6-7-8-9-10-11-12-13-14-15-16-31(33)36-27-21-22-29-28(24-27)32(34)30(37-29)23-25-17-19-26(35-2)20-18-25/h17-24H,3-16H2,1-2H3/b30-23-. The maximum atomic E-state index is 12.8. The van der Waals surface area contributed by atoms with E-state index in [4.69, 9.17) is 14.2 Å². The number of allylic oxidation sites excluding steroid dienone is 1. The minimum absolute atomic E-state index is 0.222. The highest BCUT2D eigenvalue weighted by Gasteiger charge is 2.28. The Hall–Kier alpha value is -3.08. The number of ketones is 1. The number of carbonyl (C=O) groups excluding carboxylic acids is 2. The minimum Gasteiger partial charge on any atom is -0.497 e. The van der Waals surface area contributed by atoms with Gasteiger partial charge in [-0.2, -0.15) is 0 Å². The van der Waals surface area contributed by atoms with Crippen LogP contribution < -0.4 is 14.2 Å². The topological polar surface area (TPSA) is 61.8 Å². The molecule has 0 amide bonds. The average Bonchev–Trinajstić information content (AvgIpc) is 3.21. The van der Waals surface area contributed by atoms with Gasteiger partial charge in [0, 0.05) is 6.42 Å². The lowest BCUT2D eigenvalue weighted by atomic mass is 10.0. The number of Topliss-reactive ketones (excluding diaryl/α,β-unsaturated/α-hetero) is 1. The van der Waals surface area contributed by atoms with Crippen molar-refractivity contribution in [3.8, 4) is 17.2 Å². The Bertz CT molecular complexity index is 1020. The summed E-state index contributed by atoms with van der Waals surface area (Å²) in [5.74, 6) is 1.36. The average molecular weight is 507 g/mol. The third kappa shape index (κ3) is 9.71. The van der Waals surface area contributed by atoms with Gasteiger partial charge in [0.1, 0.15) is 17.2 Å². The van der Waals surface area contributed by atoms with Crippen LogP contribution in [-0.4, -0.2) is 18.9 Å². The van der Waals surface area contributed by atoms with E-state index in [2.05, 4.69) is 6.92 Å². The first kappa shape index (κ1) is 28.5. The normalized spacial score (nSPS) is 13.5. The summed E-state index contributed by atoms with van der Waals surface area (Å²) in [5, 5.41) is 0. The third-order valence-corrected chi connectivity index (χ3v) is 6.77. The van der Waals surface area contributed by atoms with Crippen molar-refractivity contribution in [2.45, 2.75) is 96.8 Å². The van der Waals surface area contributed by atoms with Crippen LogP contribution >= 0.6 is 0 Å². The first-order chi connectivity index (χ1) is 18.1. The number of esters is 1. The summed E-state index contributed by atoms with van der Waals surface area (Å²) >= 11 is 0. The van der Waals surface area contributed by atoms with Crippen molar-refractivity contribution in [2.75, 3.05) is 7.11 Å². The number of carbonyl (C=O) groups is 2. The molecule has 0 spiro atoms. The van der Waals surface area contributed by atoms with Crippen LogP contribution in [0.25, 0.3) is 6.08 Å². The molecule has 0 saturated heterocycles. The number of benzene rings is 2. The second-order valence-electron chi connectivity index (χ2n) is 9.84. The Labute approximate surface area is 222 Å². The molecule has 0 saturated carbocycles. The van der Waals surface area contributed by atoms with Gasteiger partial charge in [-0.3, -0.25) is 9.59 Å². The SMILES string of the molecule is CCCCCCCCCCCCCCCC(=O)Oc1ccc2c(c1)C(=O)/C(=C/c1ccc(OC)cc1)O2. The maximum absolute atomic E-state index is 12.8. The van der Waals surface area contributed by atoms with E-state index < -0.39 is 0 Å². The van der Waals surface area contributed by atoms with E-state index in [1.165, 1.54) is 64.2 Å². The van der Waals surface area contributed by atoms with Gasteiger partial charge in [0.15, 0.2) is 5.76 Å². The molecular formula is C32H42O5. The first-order valence-corrected chi connectivity index (χ1v) is 14.0. The van der Waals surface area contributed by atoms with Crippen LogP contribution in [0.2, 0.25) is 0 Å². The number of fused-ring (bicyclic) bond motifs is 1. The van der Waals surface area contributed by atoms with Crippen LogP contribution in [0.4, 0.5) is 0 Å². The van der Waals surface area contributed by atoms with Crippen LogP contribution in [0.15, 0.2) is 48.2 Å². The quantitative estimate of drug-likeness (QED) is 0.0929. The summed E-state index contributed by atoms with van der Waals surface area (Å²) in [6.07, 6.45) is 18.6. The maximum Gasteiger partial charge on any atom is 0.311 e. The molecule has 2 aromatic rings. The Morgan fingerprint density at radius 1 is 0.784 bits per heavy atom. The fraction of sp³-hybridized carbons (Fsp3) is 0.500. The molecule has 0 atom stereocenters. The lowest BCUT2D eigenvalue weighted by molar-refractivity contribution is -0.134. The Morgan fingerprint density at radius 2 is 1.35 bits per heavy atom. The van der Waals surface area contributed by atoms with Gasteiger partial charge in [0.05, 0.1) is 12.7 Å². The Morgan fingerprint density at radius 3 is 1.95 bits per heavy atom. The van der Waals surface area contributed by atoms with Gasteiger partial charge in [0.2, 0.25) is 5.78 Å². The fourth-order valence-electron chi connectivity index (χ4n) is 4.55. The molecule has 1 aliphatic heterocycles. The van der Waals surface area contributed by atoms with Crippen molar-refractivity contribution in [3.63, 3.8) is 0 Å². The number of rotatable bonds is 17. The van der Waals surface area contributed by atoms with Gasteiger partial charge in [-0.1, -0.05) is 96.1 Å². The number of unbranched alkanes of at least 4 members (excludes halogenated alkanes) is 12. The van der Waals surface area contributed by atoms with Crippen LogP contribution in [-0.2, 0) is 4.79 Å². The Kier molecular flexibility index (Phi) is 12.2. The second kappa shape index (κ2) is 15.9. The van der Waals surface area contributed by atoms with E-state index in [1.54, 1.807) is 31.4 Å². The lowest BCUT2D eigenvalue weighted by Gasteiger charge is -2.06. The monoisotopic (exact) mass is 506 g/mol. The Balaban J connectivity index is 1.31. The number of hydrogen-bond donors (Lipinski definition) is 0. The van der Waals surface area contributed by atoms with Gasteiger partial charge in [-0.15, -0.1) is 0 Å². The highest BCUT2D eigenvalue weighted by molar-refractivity contribution is 6.14. The van der Waals surface area contributed by atoms with Gasteiger partial charge >= 0.3 is 5.97 Å². The lowest BCUT2D eigenvalue weighted by Crippen LogP contribution is -2.08. The summed E-state index contributed by atoms with van der Waals surface area (Å²) < 4.78 is 16.4. The van der Waals surface area contributed by atoms with Crippen molar-refractivity contribution in [1.82, 2.24) is 0 Å². The molecule has 0 bridgehead atoms. The third-order valence-electron chi connectivity index (χ3n) is 6.77. The van der Waals surface area contributed by atoms with E-state index in [0.29, 0.717) is 23.5 Å². The van der Waals surface area contributed by atoms with E-state index >= 15 is 0 Å². The van der Waals surface area contributed by atoms with Crippen LogP contribution in [0.1, 0.15) is 113 Å². The predicted molar refractivity (Wildman–Crippen MR) is 148 cm³/mol. The molecule has 1 heterocycles. The van der Waals surface area contributed by atoms with Crippen LogP contribution in [0, 0.1) is 0 Å². The molecule has 3 rings (SSSR count). The molecule has 200 valence electrons. The number of ether oxygens (including phenoxy) is 3. The van der Waals surface area contributed by atoms with Gasteiger partial charge < -0.3 is 14.2 Å². The van der Waals surface area contributed by atoms with E-state index in [1.807, 2.05) is 24.3 Å². The van der Waals surface area contributed by atoms with Gasteiger partial charge in [-0.05, 0) is 48.4 Å². The zero-order valence-electron chi connectivity index (χ0n) is 22.6. The predicted octanol–water partition coefficient (Wildman–Crippen LogP) is 8.70. The van der Waals surface area contributed by atoms with Crippen LogP contribution in [0.5, 0.6) is 17.2 Å². The van der Waals surface area contributed by atoms with Crippen LogP contribution in [0.3, 0.4) is 0 Å². The molecule has 0 aromatic heterocycles. The molecule has 5 nitrogen and oxygen atoms in total. The molecule has 0 fully saturated rings. The van der Waals surface area contributed by atoms with E-state index in [0.717, 1.165) is 30.6 Å². The molecule has 0 unspecified atom stereocenters. The van der Waals surface area contributed by atoms with Crippen molar-refractivity contribution >= 4 is 17.8 Å². The van der Waals surface area contributed by atoms with E-state index in [-0.39, 0.29) is 17.5 Å². The summed E-state index contributed by atoms with van der Waals surface area (Å²) in [4.78, 5) is 25.1. The zero-order valence-corrected chi connectivity index (χ0v) is 22.6. The molecule has 5 heteroatoms. The smallest absolute Gasteiger partial charge is 0.311 e. The van der Waals surface area contributed by atoms with Crippen molar-refractivity contribution < 1.29 is 23.8 Å². The zero-order chi connectivity index (χ0) is 26.3. The van der Waals surface area contributed by atoms with Crippen molar-refractivity contribution in [2.24, 2.45) is 0 Å². The van der Waals surface area contributed by atoms with Crippen molar-refractivity contribution in [3.05, 3.63) is 59.4 Å². The molecule has 2 aromatic carbocycles. The largest absolute Gasteiger partial charge is 0.497 e. The highest BCUT2D eigenvalue weighted by Crippen LogP contribution is 2.34. The molecule has 0 radical (unpaired) electrons. The summed E-state index contributed by atoms with van der Waals surface area (Å²) in [6, 6.07) is 12.3. The van der Waals surface area contributed by atoms with E-state index in [9.17, 15) is 9.59 Å². The molecule has 0 aliphatic carbocycles. The molecular weight excluding hydrogens is 464 g/mol. The van der Waals surface area contributed by atoms with Gasteiger partial charge in [-0.25, -0.2) is 0 Å². The van der Waals surface area contributed by atoms with Gasteiger partial charge in [0.25, 0.3) is 0 Å². The molecule has 0 N–H and O–H groups in total. The summed E-state index contributed by atoms with van der Waals surface area (Å²) in [7, 11) is 1.61. The second-order valence-corrected chi connectivity index (χ2v) is 9.84. The van der Waals surface area contributed by atoms with Crippen molar-refractivity contribution in [1.29, 1.82) is 0 Å². The molecule has 1 aliphatic rings. The minimum atomic E-state index is -0.261. The summed E-state index contributed by atoms with van der Waals surface area (Å²) in [5.41, 5.74) is 1.24. The highest BCUT2D eigenvalue weighted by atomic mass is 16.5. The molecule has 37 heavy (non-hydrogen) atoms. The first-order valence-electron chi connectivity index (χ1n) is 14.0.